The molecule has 1 aromatic heterocycles. The molecule has 0 saturated heterocycles. The Kier molecular flexibility index (Phi) is 9.17. The van der Waals surface area contributed by atoms with Gasteiger partial charge >= 0.3 is 12.1 Å². The van der Waals surface area contributed by atoms with Crippen molar-refractivity contribution in [2.24, 2.45) is 0 Å². The second-order valence-electron chi connectivity index (χ2n) is 9.85. The Labute approximate surface area is 213 Å². The summed E-state index contributed by atoms with van der Waals surface area (Å²) < 4.78 is 5.40. The molecule has 2 heterocycles. The molecule has 2 aromatic rings. The summed E-state index contributed by atoms with van der Waals surface area (Å²) in [5.41, 5.74) is 3.30. The zero-order valence-electron chi connectivity index (χ0n) is 21.1. The van der Waals surface area contributed by atoms with Crippen LogP contribution in [0.2, 0.25) is 0 Å². The third-order valence-electron chi connectivity index (χ3n) is 6.99. The third-order valence-corrected chi connectivity index (χ3v) is 6.99. The number of carbonyl (C=O) groups is 2. The maximum Gasteiger partial charge on any atom is 0.408 e. The number of fused-ring (bicyclic) bond motifs is 1. The summed E-state index contributed by atoms with van der Waals surface area (Å²) in [7, 11) is 0. The van der Waals surface area contributed by atoms with Crippen molar-refractivity contribution in [2.45, 2.75) is 76.5 Å². The number of aromatic nitrogens is 1. The van der Waals surface area contributed by atoms with Gasteiger partial charge in [-0.1, -0.05) is 36.4 Å². The van der Waals surface area contributed by atoms with Gasteiger partial charge in [0.15, 0.2) is 0 Å². The Morgan fingerprint density at radius 1 is 1.17 bits per heavy atom. The molecule has 0 bridgehead atoms. The molecule has 1 amide bonds. The predicted molar refractivity (Wildman–Crippen MR) is 139 cm³/mol. The summed E-state index contributed by atoms with van der Waals surface area (Å²) in [4.78, 5) is 31.3. The van der Waals surface area contributed by atoms with Crippen molar-refractivity contribution in [1.82, 2.24) is 15.2 Å². The number of aryl methyl sites for hydroxylation is 2. The molecule has 1 aromatic carbocycles. The van der Waals surface area contributed by atoms with E-state index in [9.17, 15) is 14.7 Å². The Hall–Kier alpha value is -3.13. The first-order valence-electron chi connectivity index (χ1n) is 13.2. The number of benzene rings is 1. The minimum atomic E-state index is -1.04. The fourth-order valence-corrected chi connectivity index (χ4v) is 4.73. The van der Waals surface area contributed by atoms with Crippen molar-refractivity contribution in [2.75, 3.05) is 25.0 Å². The lowest BCUT2D eigenvalue weighted by molar-refractivity contribution is -0.139. The van der Waals surface area contributed by atoms with E-state index in [1.165, 1.54) is 5.56 Å². The number of amides is 1. The van der Waals surface area contributed by atoms with Gasteiger partial charge in [0.05, 0.1) is 0 Å². The Bertz CT molecular complexity index is 1010. The number of unbranched alkanes of at least 4 members (excludes halogenated alkanes) is 1. The number of hydrogen-bond acceptors (Lipinski definition) is 6. The zero-order valence-corrected chi connectivity index (χ0v) is 21.1. The monoisotopic (exact) mass is 494 g/mol. The van der Waals surface area contributed by atoms with Gasteiger partial charge in [0.1, 0.15) is 18.0 Å². The lowest BCUT2D eigenvalue weighted by Gasteiger charge is -2.24. The van der Waals surface area contributed by atoms with E-state index in [0.717, 1.165) is 75.1 Å². The number of aliphatic carboxylic acids is 1. The van der Waals surface area contributed by atoms with Gasteiger partial charge < -0.3 is 25.4 Å². The van der Waals surface area contributed by atoms with Gasteiger partial charge in [-0.3, -0.25) is 0 Å². The van der Waals surface area contributed by atoms with Crippen LogP contribution in [0.1, 0.15) is 68.4 Å². The van der Waals surface area contributed by atoms with Crippen molar-refractivity contribution in [3.8, 4) is 0 Å². The summed E-state index contributed by atoms with van der Waals surface area (Å²) in [6, 6.07) is 13.3. The number of rotatable bonds is 13. The lowest BCUT2D eigenvalue weighted by Crippen LogP contribution is -2.44. The molecule has 8 heteroatoms. The van der Waals surface area contributed by atoms with Gasteiger partial charge in [-0.25, -0.2) is 14.6 Å². The number of pyridine rings is 1. The molecule has 3 N–H and O–H groups in total. The molecule has 1 aliphatic carbocycles. The minimum Gasteiger partial charge on any atom is -0.480 e. The van der Waals surface area contributed by atoms with E-state index in [0.29, 0.717) is 19.0 Å². The second kappa shape index (κ2) is 12.7. The van der Waals surface area contributed by atoms with Crippen molar-refractivity contribution >= 4 is 17.9 Å². The Morgan fingerprint density at radius 2 is 1.97 bits per heavy atom. The lowest BCUT2D eigenvalue weighted by atomic mass is 10.1. The highest BCUT2D eigenvalue weighted by Gasteiger charge is 2.30. The number of carbonyl (C=O) groups excluding carboxylic acids is 1. The number of nitrogens with zero attached hydrogens (tertiary/aromatic N) is 2. The predicted octanol–water partition coefficient (Wildman–Crippen LogP) is 4.56. The number of carboxylic acids is 1. The van der Waals surface area contributed by atoms with Gasteiger partial charge in [0.2, 0.25) is 0 Å². The zero-order chi connectivity index (χ0) is 25.3. The number of hydrogen-bond donors (Lipinski definition) is 3. The van der Waals surface area contributed by atoms with Crippen LogP contribution in [0.4, 0.5) is 10.6 Å². The molecule has 36 heavy (non-hydrogen) atoms. The van der Waals surface area contributed by atoms with Crippen LogP contribution in [0.3, 0.4) is 0 Å². The van der Waals surface area contributed by atoms with Gasteiger partial charge in [-0.15, -0.1) is 0 Å². The van der Waals surface area contributed by atoms with Crippen molar-refractivity contribution in [1.29, 1.82) is 0 Å². The van der Waals surface area contributed by atoms with Crippen LogP contribution in [0.5, 0.6) is 0 Å². The first-order chi connectivity index (χ1) is 17.5. The first-order valence-corrected chi connectivity index (χ1v) is 13.2. The molecule has 0 spiro atoms. The van der Waals surface area contributed by atoms with Crippen molar-refractivity contribution < 1.29 is 19.4 Å². The van der Waals surface area contributed by atoms with Crippen LogP contribution in [0, 0.1) is 0 Å². The van der Waals surface area contributed by atoms with Crippen molar-refractivity contribution in [3.63, 3.8) is 0 Å². The van der Waals surface area contributed by atoms with E-state index in [-0.39, 0.29) is 0 Å². The highest BCUT2D eigenvalue weighted by atomic mass is 16.6. The van der Waals surface area contributed by atoms with Gasteiger partial charge in [-0.2, -0.15) is 0 Å². The topological polar surface area (TPSA) is 104 Å². The maximum atomic E-state index is 12.3. The molecule has 194 valence electrons. The highest BCUT2D eigenvalue weighted by molar-refractivity contribution is 5.79. The molecule has 4 rings (SSSR count). The number of ether oxygens (including phenoxy) is 1. The summed E-state index contributed by atoms with van der Waals surface area (Å²) in [5.74, 6) is 0.00409. The Morgan fingerprint density at radius 3 is 2.72 bits per heavy atom. The second-order valence-corrected chi connectivity index (χ2v) is 9.85. The van der Waals surface area contributed by atoms with Gasteiger partial charge in [0, 0.05) is 24.8 Å². The van der Waals surface area contributed by atoms with E-state index in [1.54, 1.807) is 6.92 Å². The van der Waals surface area contributed by atoms with Crippen LogP contribution in [0.25, 0.3) is 0 Å². The highest BCUT2D eigenvalue weighted by Crippen LogP contribution is 2.28. The molecule has 1 saturated carbocycles. The molecular weight excluding hydrogens is 456 g/mol. The summed E-state index contributed by atoms with van der Waals surface area (Å²) in [5, 5.41) is 15.6. The van der Waals surface area contributed by atoms with Crippen LogP contribution >= 0.6 is 0 Å². The van der Waals surface area contributed by atoms with Crippen LogP contribution in [0.15, 0.2) is 42.5 Å². The SMILES string of the molecule is CC(OC(=O)NC(CCN(CCCCc1ccc2c(n1)NCCC2)C1CC1)C(=O)O)c1ccccc1. The van der Waals surface area contributed by atoms with E-state index >= 15 is 0 Å². The van der Waals surface area contributed by atoms with E-state index in [2.05, 4.69) is 27.7 Å². The molecule has 0 radical (unpaired) electrons. The fourth-order valence-electron chi connectivity index (χ4n) is 4.73. The number of anilines is 1. The molecule has 2 atom stereocenters. The third kappa shape index (κ3) is 7.68. The summed E-state index contributed by atoms with van der Waals surface area (Å²) in [6.07, 6.45) is 6.77. The quantitative estimate of drug-likeness (QED) is 0.351. The maximum absolute atomic E-state index is 12.3. The van der Waals surface area contributed by atoms with Gasteiger partial charge in [0.25, 0.3) is 0 Å². The average Bonchev–Trinajstić information content (AvgIpc) is 3.73. The summed E-state index contributed by atoms with van der Waals surface area (Å²) in [6.45, 7) is 4.33. The molecular formula is C28H38N4O4. The Balaban J connectivity index is 1.20. The molecule has 8 nitrogen and oxygen atoms in total. The van der Waals surface area contributed by atoms with Crippen LogP contribution in [-0.4, -0.2) is 58.8 Å². The molecule has 1 aliphatic heterocycles. The van der Waals surface area contributed by atoms with E-state index < -0.39 is 24.2 Å². The van der Waals surface area contributed by atoms with Crippen LogP contribution in [-0.2, 0) is 22.4 Å². The smallest absolute Gasteiger partial charge is 0.408 e. The van der Waals surface area contributed by atoms with Gasteiger partial charge in [-0.05, 0) is 82.0 Å². The molecule has 2 unspecified atom stereocenters. The van der Waals surface area contributed by atoms with Crippen LogP contribution < -0.4 is 10.6 Å². The largest absolute Gasteiger partial charge is 0.480 e. The molecule has 2 aliphatic rings. The summed E-state index contributed by atoms with van der Waals surface area (Å²) >= 11 is 0. The first kappa shape index (κ1) is 25.9. The van der Waals surface area contributed by atoms with E-state index in [4.69, 9.17) is 9.72 Å². The fraction of sp³-hybridized carbons (Fsp3) is 0.536. The normalized spacial score (nSPS) is 16.5. The molecule has 1 fully saturated rings. The number of alkyl carbamates (subject to hydrolysis) is 1. The number of carboxylic acid groups (broad SMARTS) is 1. The number of nitrogens with one attached hydrogen (secondary N) is 2. The van der Waals surface area contributed by atoms with E-state index in [1.807, 2.05) is 30.3 Å². The minimum absolute atomic E-state index is 0.346. The standard InChI is InChI=1S/C28H38N4O4/c1-20(21-8-3-2-4-9-21)36-28(35)31-25(27(33)34)16-19-32(24-14-15-24)18-6-5-11-23-13-12-22-10-7-17-29-26(22)30-23/h2-4,8-9,12-13,20,24-25H,5-7,10-11,14-19H2,1H3,(H,29,30)(H,31,35)(H,33,34). The van der Waals surface area contributed by atoms with Crippen molar-refractivity contribution in [3.05, 3.63) is 59.3 Å². The average molecular weight is 495 g/mol.